The van der Waals surface area contributed by atoms with Gasteiger partial charge in [0.2, 0.25) is 0 Å². The van der Waals surface area contributed by atoms with E-state index in [-0.39, 0.29) is 11.5 Å². The summed E-state index contributed by atoms with van der Waals surface area (Å²) in [5, 5.41) is 8.85. The molecular weight excluding hydrogens is 132 g/mol. The van der Waals surface area contributed by atoms with Crippen LogP contribution >= 0.6 is 23.4 Å². The normalized spacial score (nSPS) is 42.0. The van der Waals surface area contributed by atoms with Gasteiger partial charge in [0.15, 0.2) is 0 Å². The topological polar surface area (TPSA) is 20.2 Å². The third kappa shape index (κ3) is 1.24. The lowest BCUT2D eigenvalue weighted by atomic mass is 10.3. The molecule has 1 aliphatic heterocycles. The Bertz CT molecular complexity index is 60.7. The molecule has 7 heavy (non-hydrogen) atoms. The molecule has 1 saturated heterocycles. The molecule has 0 saturated carbocycles. The smallest absolute Gasteiger partial charge is 0.0802 e. The van der Waals surface area contributed by atoms with Gasteiger partial charge in [-0.3, -0.25) is 0 Å². The predicted molar refractivity (Wildman–Crippen MR) is 33.0 cm³/mol. The van der Waals surface area contributed by atoms with Gasteiger partial charge in [0.05, 0.1) is 11.5 Å². The SMILES string of the molecule is O[C@@H]1CSC[C@H]1Cl. The number of alkyl halides is 1. The van der Waals surface area contributed by atoms with E-state index >= 15 is 0 Å². The number of aliphatic hydroxyl groups is 1. The lowest BCUT2D eigenvalue weighted by molar-refractivity contribution is 0.206. The molecule has 1 fully saturated rings. The fourth-order valence-electron chi connectivity index (χ4n) is 0.517. The maximum atomic E-state index is 8.84. The van der Waals surface area contributed by atoms with E-state index in [4.69, 9.17) is 16.7 Å². The molecule has 0 radical (unpaired) electrons. The summed E-state index contributed by atoms with van der Waals surface area (Å²) in [6.45, 7) is 0. The molecule has 42 valence electrons. The number of thioether (sulfide) groups is 1. The first-order valence-corrected chi connectivity index (χ1v) is 3.79. The summed E-state index contributed by atoms with van der Waals surface area (Å²) in [6, 6.07) is 0. The summed E-state index contributed by atoms with van der Waals surface area (Å²) in [6.07, 6.45) is -0.258. The second-order valence-corrected chi connectivity index (χ2v) is 3.26. The van der Waals surface area contributed by atoms with Gasteiger partial charge in [0, 0.05) is 11.5 Å². The first kappa shape index (κ1) is 5.73. The van der Waals surface area contributed by atoms with Gasteiger partial charge in [-0.25, -0.2) is 0 Å². The zero-order valence-electron chi connectivity index (χ0n) is 3.80. The van der Waals surface area contributed by atoms with Crippen LogP contribution in [-0.2, 0) is 0 Å². The van der Waals surface area contributed by atoms with Crippen LogP contribution in [0.1, 0.15) is 0 Å². The predicted octanol–water partition coefficient (Wildman–Crippen LogP) is 0.702. The molecule has 1 aliphatic rings. The second-order valence-electron chi connectivity index (χ2n) is 1.62. The molecule has 0 spiro atoms. The highest BCUT2D eigenvalue weighted by Crippen LogP contribution is 2.21. The van der Waals surface area contributed by atoms with Crippen LogP contribution in [0.2, 0.25) is 0 Å². The van der Waals surface area contributed by atoms with E-state index in [0.29, 0.717) is 0 Å². The average molecular weight is 139 g/mol. The Balaban J connectivity index is 2.33. The number of aliphatic hydroxyl groups excluding tert-OH is 1. The van der Waals surface area contributed by atoms with Crippen molar-refractivity contribution in [3.05, 3.63) is 0 Å². The minimum absolute atomic E-state index is 0.00463. The van der Waals surface area contributed by atoms with Crippen molar-refractivity contribution in [2.75, 3.05) is 11.5 Å². The van der Waals surface area contributed by atoms with Gasteiger partial charge in [0.25, 0.3) is 0 Å². The first-order chi connectivity index (χ1) is 3.30. The van der Waals surface area contributed by atoms with Crippen LogP contribution in [0, 0.1) is 0 Å². The Labute approximate surface area is 52.0 Å². The molecule has 1 N–H and O–H groups in total. The number of halogens is 1. The molecule has 3 heteroatoms. The first-order valence-electron chi connectivity index (χ1n) is 2.20. The minimum Gasteiger partial charge on any atom is -0.391 e. The third-order valence-electron chi connectivity index (χ3n) is 0.983. The van der Waals surface area contributed by atoms with Crippen LogP contribution in [0.25, 0.3) is 0 Å². The van der Waals surface area contributed by atoms with E-state index < -0.39 is 0 Å². The van der Waals surface area contributed by atoms with Crippen LogP contribution in [-0.4, -0.2) is 28.1 Å². The van der Waals surface area contributed by atoms with E-state index in [1.807, 2.05) is 0 Å². The Kier molecular flexibility index (Phi) is 1.84. The van der Waals surface area contributed by atoms with E-state index in [9.17, 15) is 0 Å². The van der Waals surface area contributed by atoms with Gasteiger partial charge >= 0.3 is 0 Å². The highest BCUT2D eigenvalue weighted by molar-refractivity contribution is 7.99. The van der Waals surface area contributed by atoms with Gasteiger partial charge < -0.3 is 5.11 Å². The Morgan fingerprint density at radius 1 is 1.57 bits per heavy atom. The minimum atomic E-state index is -0.258. The molecule has 1 rings (SSSR count). The zero-order valence-corrected chi connectivity index (χ0v) is 5.37. The Hall–Kier alpha value is 0.600. The second kappa shape index (κ2) is 2.25. The third-order valence-corrected chi connectivity index (χ3v) is 2.78. The molecular formula is C4H7ClOS. The fraction of sp³-hybridized carbons (Fsp3) is 1.00. The van der Waals surface area contributed by atoms with Gasteiger partial charge in [0.1, 0.15) is 0 Å². The van der Waals surface area contributed by atoms with E-state index in [1.165, 1.54) is 0 Å². The molecule has 0 aliphatic carbocycles. The summed E-state index contributed by atoms with van der Waals surface area (Å²) < 4.78 is 0. The van der Waals surface area contributed by atoms with Crippen molar-refractivity contribution in [3.8, 4) is 0 Å². The summed E-state index contributed by atoms with van der Waals surface area (Å²) in [4.78, 5) is 0. The number of hydrogen-bond acceptors (Lipinski definition) is 2. The highest BCUT2D eigenvalue weighted by atomic mass is 35.5. The molecule has 0 aromatic rings. The van der Waals surface area contributed by atoms with Crippen LogP contribution in [0.3, 0.4) is 0 Å². The summed E-state index contributed by atoms with van der Waals surface area (Å²) in [5.41, 5.74) is 0. The molecule has 0 aromatic carbocycles. The van der Waals surface area contributed by atoms with E-state index in [0.717, 1.165) is 11.5 Å². The van der Waals surface area contributed by atoms with Crippen molar-refractivity contribution >= 4 is 23.4 Å². The molecule has 0 unspecified atom stereocenters. The van der Waals surface area contributed by atoms with Crippen LogP contribution in [0.4, 0.5) is 0 Å². The highest BCUT2D eigenvalue weighted by Gasteiger charge is 2.22. The van der Waals surface area contributed by atoms with Crippen molar-refractivity contribution in [1.82, 2.24) is 0 Å². The summed E-state index contributed by atoms with van der Waals surface area (Å²) in [5.74, 6) is 1.72. The quantitative estimate of drug-likeness (QED) is 0.498. The van der Waals surface area contributed by atoms with Crippen LogP contribution in [0.5, 0.6) is 0 Å². The van der Waals surface area contributed by atoms with Crippen molar-refractivity contribution < 1.29 is 5.11 Å². The Morgan fingerprint density at radius 2 is 2.29 bits per heavy atom. The monoisotopic (exact) mass is 138 g/mol. The largest absolute Gasteiger partial charge is 0.391 e. The maximum absolute atomic E-state index is 8.84. The van der Waals surface area contributed by atoms with Gasteiger partial charge in [-0.2, -0.15) is 11.8 Å². The lowest BCUT2D eigenvalue weighted by Crippen LogP contribution is -2.16. The zero-order chi connectivity index (χ0) is 5.28. The Morgan fingerprint density at radius 3 is 2.43 bits per heavy atom. The number of hydrogen-bond donors (Lipinski definition) is 1. The molecule has 1 heterocycles. The molecule has 0 aromatic heterocycles. The van der Waals surface area contributed by atoms with Crippen molar-refractivity contribution in [3.63, 3.8) is 0 Å². The number of rotatable bonds is 0. The average Bonchev–Trinajstić information content (AvgIpc) is 1.91. The lowest BCUT2D eigenvalue weighted by Gasteiger charge is -2.00. The fourth-order valence-corrected chi connectivity index (χ4v) is 2.04. The van der Waals surface area contributed by atoms with Crippen molar-refractivity contribution in [2.45, 2.75) is 11.5 Å². The summed E-state index contributed by atoms with van der Waals surface area (Å²) in [7, 11) is 0. The van der Waals surface area contributed by atoms with Gasteiger partial charge in [-0.05, 0) is 0 Å². The van der Waals surface area contributed by atoms with Crippen LogP contribution in [0.15, 0.2) is 0 Å². The molecule has 2 atom stereocenters. The van der Waals surface area contributed by atoms with Crippen LogP contribution < -0.4 is 0 Å². The van der Waals surface area contributed by atoms with E-state index in [1.54, 1.807) is 11.8 Å². The molecule has 0 amide bonds. The van der Waals surface area contributed by atoms with Crippen molar-refractivity contribution in [1.29, 1.82) is 0 Å². The standard InChI is InChI=1S/C4H7ClOS/c5-3-1-7-2-4(3)6/h3-4,6H,1-2H2/t3-,4-/m1/s1. The summed E-state index contributed by atoms with van der Waals surface area (Å²) >= 11 is 7.30. The molecule has 0 bridgehead atoms. The van der Waals surface area contributed by atoms with Gasteiger partial charge in [-0.15, -0.1) is 11.6 Å². The van der Waals surface area contributed by atoms with Gasteiger partial charge in [-0.1, -0.05) is 0 Å². The van der Waals surface area contributed by atoms with E-state index in [2.05, 4.69) is 0 Å². The maximum Gasteiger partial charge on any atom is 0.0802 e. The van der Waals surface area contributed by atoms with Crippen molar-refractivity contribution in [2.24, 2.45) is 0 Å². The molecule has 1 nitrogen and oxygen atoms in total.